The van der Waals surface area contributed by atoms with Gasteiger partial charge in [0.2, 0.25) is 5.91 Å². The van der Waals surface area contributed by atoms with Gasteiger partial charge in [0, 0.05) is 6.54 Å². The van der Waals surface area contributed by atoms with E-state index in [1.54, 1.807) is 0 Å². The molecule has 1 unspecified atom stereocenters. The second-order valence-corrected chi connectivity index (χ2v) is 3.58. The van der Waals surface area contributed by atoms with E-state index in [1.807, 2.05) is 0 Å². The van der Waals surface area contributed by atoms with E-state index in [2.05, 4.69) is 10.6 Å². The predicted molar refractivity (Wildman–Crippen MR) is 51.7 cm³/mol. The predicted octanol–water partition coefficient (Wildman–Crippen LogP) is -1.40. The Morgan fingerprint density at radius 2 is 2.36 bits per heavy atom. The molecule has 0 aromatic carbocycles. The first-order chi connectivity index (χ1) is 6.74. The number of nitrogens with one attached hydrogen (secondary N) is 2. The summed E-state index contributed by atoms with van der Waals surface area (Å²) < 4.78 is 0. The zero-order chi connectivity index (χ0) is 10.4. The van der Waals surface area contributed by atoms with E-state index >= 15 is 0 Å². The van der Waals surface area contributed by atoms with Gasteiger partial charge in [0.15, 0.2) is 0 Å². The number of aliphatic hydroxyl groups is 2. The number of piperidine rings is 1. The molecule has 1 rings (SSSR count). The van der Waals surface area contributed by atoms with Crippen LogP contribution in [0.3, 0.4) is 0 Å². The molecule has 5 nitrogen and oxygen atoms in total. The summed E-state index contributed by atoms with van der Waals surface area (Å²) in [6.45, 7) is 0.673. The lowest BCUT2D eigenvalue weighted by atomic mass is 10.0. The van der Waals surface area contributed by atoms with Gasteiger partial charge in [-0.05, 0) is 19.4 Å². The van der Waals surface area contributed by atoms with Crippen LogP contribution in [-0.4, -0.2) is 48.0 Å². The maximum absolute atomic E-state index is 11.5. The average Bonchev–Trinajstić information content (AvgIpc) is 2.26. The van der Waals surface area contributed by atoms with E-state index < -0.39 is 6.10 Å². The highest BCUT2D eigenvalue weighted by atomic mass is 16.3. The third kappa shape index (κ3) is 3.61. The smallest absolute Gasteiger partial charge is 0.237 e. The van der Waals surface area contributed by atoms with E-state index in [9.17, 15) is 4.79 Å². The van der Waals surface area contributed by atoms with E-state index in [1.165, 1.54) is 0 Å². The zero-order valence-electron chi connectivity index (χ0n) is 8.20. The molecular weight excluding hydrogens is 184 g/mol. The molecule has 14 heavy (non-hydrogen) atoms. The number of amides is 1. The lowest BCUT2D eigenvalue weighted by Crippen LogP contribution is -2.48. The van der Waals surface area contributed by atoms with Gasteiger partial charge >= 0.3 is 0 Å². The molecule has 0 aliphatic carbocycles. The van der Waals surface area contributed by atoms with Crippen molar-refractivity contribution >= 4 is 5.91 Å². The lowest BCUT2D eigenvalue weighted by Gasteiger charge is -2.22. The van der Waals surface area contributed by atoms with Crippen molar-refractivity contribution in [3.8, 4) is 0 Å². The second kappa shape index (κ2) is 5.95. The zero-order valence-corrected chi connectivity index (χ0v) is 8.20. The van der Waals surface area contributed by atoms with Crippen molar-refractivity contribution in [2.45, 2.75) is 31.4 Å². The fraction of sp³-hybridized carbons (Fsp3) is 0.889. The van der Waals surface area contributed by atoms with Gasteiger partial charge in [-0.3, -0.25) is 4.79 Å². The molecule has 1 saturated heterocycles. The standard InChI is InChI=1S/C9H18N2O3/c12-6-7(13)5-11-9(14)8-3-1-2-4-10-8/h7-8,10,12-13H,1-6H2,(H,11,14)/t7?,8-/m0/s1. The summed E-state index contributed by atoms with van der Waals surface area (Å²) in [7, 11) is 0. The van der Waals surface area contributed by atoms with Crippen LogP contribution in [-0.2, 0) is 4.79 Å². The molecule has 0 spiro atoms. The molecule has 5 heteroatoms. The Kier molecular flexibility index (Phi) is 4.86. The molecule has 0 aromatic heterocycles. The fourth-order valence-electron chi connectivity index (χ4n) is 1.48. The van der Waals surface area contributed by atoms with Gasteiger partial charge in [-0.2, -0.15) is 0 Å². The van der Waals surface area contributed by atoms with E-state index in [-0.39, 0.29) is 25.1 Å². The summed E-state index contributed by atoms with van der Waals surface area (Å²) in [4.78, 5) is 11.5. The van der Waals surface area contributed by atoms with Crippen LogP contribution in [0.2, 0.25) is 0 Å². The highest BCUT2D eigenvalue weighted by Crippen LogP contribution is 2.06. The minimum atomic E-state index is -0.859. The van der Waals surface area contributed by atoms with Gasteiger partial charge in [0.25, 0.3) is 0 Å². The molecule has 0 bridgehead atoms. The molecule has 0 aromatic rings. The average molecular weight is 202 g/mol. The number of hydrogen-bond acceptors (Lipinski definition) is 4. The monoisotopic (exact) mass is 202 g/mol. The van der Waals surface area contributed by atoms with Crippen molar-refractivity contribution in [2.75, 3.05) is 19.7 Å². The summed E-state index contributed by atoms with van der Waals surface area (Å²) in [5, 5.41) is 23.3. The highest BCUT2D eigenvalue weighted by molar-refractivity contribution is 5.81. The largest absolute Gasteiger partial charge is 0.394 e. The summed E-state index contributed by atoms with van der Waals surface area (Å²) in [5.74, 6) is -0.0859. The minimum absolute atomic E-state index is 0.0859. The van der Waals surface area contributed by atoms with Crippen LogP contribution in [0.15, 0.2) is 0 Å². The Morgan fingerprint density at radius 1 is 1.57 bits per heavy atom. The quantitative estimate of drug-likeness (QED) is 0.452. The first kappa shape index (κ1) is 11.4. The van der Waals surface area contributed by atoms with Crippen molar-refractivity contribution in [1.29, 1.82) is 0 Å². The van der Waals surface area contributed by atoms with Crippen molar-refractivity contribution < 1.29 is 15.0 Å². The minimum Gasteiger partial charge on any atom is -0.394 e. The first-order valence-electron chi connectivity index (χ1n) is 5.04. The van der Waals surface area contributed by atoms with Crippen LogP contribution < -0.4 is 10.6 Å². The molecule has 2 atom stereocenters. The van der Waals surface area contributed by atoms with Crippen LogP contribution in [0.25, 0.3) is 0 Å². The van der Waals surface area contributed by atoms with Crippen molar-refractivity contribution in [1.82, 2.24) is 10.6 Å². The molecule has 1 aliphatic rings. The normalized spacial score (nSPS) is 24.3. The van der Waals surface area contributed by atoms with Gasteiger partial charge in [0.05, 0.1) is 18.8 Å². The van der Waals surface area contributed by atoms with Crippen molar-refractivity contribution in [3.05, 3.63) is 0 Å². The number of carbonyl (C=O) groups is 1. The molecule has 0 saturated carbocycles. The van der Waals surface area contributed by atoms with E-state index in [0.29, 0.717) is 0 Å². The van der Waals surface area contributed by atoms with Crippen LogP contribution in [0.4, 0.5) is 0 Å². The SMILES string of the molecule is O=C(NCC(O)CO)[C@@H]1CCCCN1. The van der Waals surface area contributed by atoms with Gasteiger partial charge in [0.1, 0.15) is 0 Å². The number of rotatable bonds is 4. The maximum Gasteiger partial charge on any atom is 0.237 e. The maximum atomic E-state index is 11.5. The van der Waals surface area contributed by atoms with E-state index in [0.717, 1.165) is 25.8 Å². The Morgan fingerprint density at radius 3 is 2.93 bits per heavy atom. The molecule has 1 aliphatic heterocycles. The molecule has 0 radical (unpaired) electrons. The molecule has 4 N–H and O–H groups in total. The van der Waals surface area contributed by atoms with Gasteiger partial charge < -0.3 is 20.8 Å². The molecule has 1 amide bonds. The Labute approximate surface area is 83.5 Å². The number of carbonyl (C=O) groups excluding carboxylic acids is 1. The van der Waals surface area contributed by atoms with E-state index in [4.69, 9.17) is 10.2 Å². The Hall–Kier alpha value is -0.650. The van der Waals surface area contributed by atoms with Crippen LogP contribution >= 0.6 is 0 Å². The first-order valence-corrected chi connectivity index (χ1v) is 5.04. The Bertz CT molecular complexity index is 181. The second-order valence-electron chi connectivity index (χ2n) is 3.58. The van der Waals surface area contributed by atoms with Crippen LogP contribution in [0.5, 0.6) is 0 Å². The Balaban J connectivity index is 2.19. The topological polar surface area (TPSA) is 81.6 Å². The highest BCUT2D eigenvalue weighted by Gasteiger charge is 2.20. The summed E-state index contributed by atoms with van der Waals surface area (Å²) in [6.07, 6.45) is 2.17. The van der Waals surface area contributed by atoms with Gasteiger partial charge in [-0.1, -0.05) is 6.42 Å². The summed E-state index contributed by atoms with van der Waals surface area (Å²) in [6, 6.07) is -0.130. The van der Waals surface area contributed by atoms with Gasteiger partial charge in [-0.25, -0.2) is 0 Å². The lowest BCUT2D eigenvalue weighted by molar-refractivity contribution is -0.124. The summed E-state index contributed by atoms with van der Waals surface area (Å²) in [5.41, 5.74) is 0. The van der Waals surface area contributed by atoms with Crippen molar-refractivity contribution in [2.24, 2.45) is 0 Å². The third-order valence-electron chi connectivity index (χ3n) is 2.35. The number of hydrogen-bond donors (Lipinski definition) is 4. The molecule has 1 fully saturated rings. The molecule has 82 valence electrons. The van der Waals surface area contributed by atoms with Crippen LogP contribution in [0, 0.1) is 0 Å². The molecular formula is C9H18N2O3. The summed E-state index contributed by atoms with van der Waals surface area (Å²) >= 11 is 0. The molecule has 1 heterocycles. The van der Waals surface area contributed by atoms with Crippen LogP contribution in [0.1, 0.15) is 19.3 Å². The number of aliphatic hydroxyl groups excluding tert-OH is 2. The third-order valence-corrected chi connectivity index (χ3v) is 2.35. The fourth-order valence-corrected chi connectivity index (χ4v) is 1.48. The van der Waals surface area contributed by atoms with Gasteiger partial charge in [-0.15, -0.1) is 0 Å². The van der Waals surface area contributed by atoms with Crippen molar-refractivity contribution in [3.63, 3.8) is 0 Å².